The number of hydrogen-bond acceptors (Lipinski definition) is 6. The van der Waals surface area contributed by atoms with Crippen LogP contribution in [0.3, 0.4) is 0 Å². The molecule has 1 amide bonds. The summed E-state index contributed by atoms with van der Waals surface area (Å²) >= 11 is 1.72. The van der Waals surface area contributed by atoms with Crippen molar-refractivity contribution >= 4 is 33.3 Å². The maximum absolute atomic E-state index is 13.0. The third kappa shape index (κ3) is 2.75. The molecule has 2 aliphatic rings. The van der Waals surface area contributed by atoms with Crippen molar-refractivity contribution in [2.75, 3.05) is 37.7 Å². The number of amides is 1. The number of aromatic nitrogens is 2. The Kier molecular flexibility index (Phi) is 4.37. The van der Waals surface area contributed by atoms with Gasteiger partial charge in [0.2, 0.25) is 5.91 Å². The molecule has 2 saturated heterocycles. The smallest absolute Gasteiger partial charge is 0.245 e. The molecule has 2 aliphatic heterocycles. The molecule has 0 spiro atoms. The minimum Gasteiger partial charge on any atom is -0.378 e. The van der Waals surface area contributed by atoms with E-state index in [4.69, 9.17) is 4.74 Å². The van der Waals surface area contributed by atoms with Crippen molar-refractivity contribution in [1.82, 2.24) is 14.9 Å². The second-order valence-electron chi connectivity index (χ2n) is 6.27. The monoisotopic (exact) mass is 346 g/mol. The first-order chi connectivity index (χ1) is 11.8. The zero-order valence-electron chi connectivity index (χ0n) is 13.9. The zero-order chi connectivity index (χ0) is 16.5. The Balaban J connectivity index is 1.65. The molecule has 1 atom stereocenters. The number of nitrogens with zero attached hydrogens (tertiary/aromatic N) is 4. The van der Waals surface area contributed by atoms with Gasteiger partial charge in [-0.3, -0.25) is 4.79 Å². The Hall–Kier alpha value is -1.73. The standard InChI is InChI=1S/C17H22N4O2S/c1-2-12-10-13-15(18-11-19-16(13)24-12)21-5-3-4-14(21)17(22)20-6-8-23-9-7-20/h10-11,14H,2-9H2,1H3. The average Bonchev–Trinajstić information content (AvgIpc) is 3.28. The van der Waals surface area contributed by atoms with E-state index >= 15 is 0 Å². The van der Waals surface area contributed by atoms with Crippen LogP contribution in [0.1, 0.15) is 24.6 Å². The van der Waals surface area contributed by atoms with Crippen molar-refractivity contribution in [3.63, 3.8) is 0 Å². The van der Waals surface area contributed by atoms with Gasteiger partial charge in [-0.25, -0.2) is 9.97 Å². The lowest BCUT2D eigenvalue weighted by Gasteiger charge is -2.33. The van der Waals surface area contributed by atoms with Crippen LogP contribution in [0.25, 0.3) is 10.2 Å². The molecular weight excluding hydrogens is 324 g/mol. The van der Waals surface area contributed by atoms with Crippen LogP contribution in [0.4, 0.5) is 5.82 Å². The van der Waals surface area contributed by atoms with E-state index in [1.165, 1.54) is 4.88 Å². The van der Waals surface area contributed by atoms with E-state index in [9.17, 15) is 4.79 Å². The number of morpholine rings is 1. The number of aryl methyl sites for hydroxylation is 1. The molecule has 6 nitrogen and oxygen atoms in total. The van der Waals surface area contributed by atoms with Crippen LogP contribution >= 0.6 is 11.3 Å². The molecule has 2 aromatic heterocycles. The molecular formula is C17H22N4O2S. The summed E-state index contributed by atoms with van der Waals surface area (Å²) in [6.45, 7) is 5.70. The van der Waals surface area contributed by atoms with Gasteiger partial charge in [-0.1, -0.05) is 6.92 Å². The van der Waals surface area contributed by atoms with Crippen LogP contribution in [-0.4, -0.2) is 59.7 Å². The number of fused-ring (bicyclic) bond motifs is 1. The van der Waals surface area contributed by atoms with Gasteiger partial charge < -0.3 is 14.5 Å². The van der Waals surface area contributed by atoms with Gasteiger partial charge in [0.05, 0.1) is 18.6 Å². The molecule has 0 saturated carbocycles. The van der Waals surface area contributed by atoms with Gasteiger partial charge in [0.15, 0.2) is 0 Å². The number of anilines is 1. The highest BCUT2D eigenvalue weighted by Gasteiger charge is 2.35. The largest absolute Gasteiger partial charge is 0.378 e. The fraction of sp³-hybridized carbons (Fsp3) is 0.588. The summed E-state index contributed by atoms with van der Waals surface area (Å²) in [5.74, 6) is 1.13. The van der Waals surface area contributed by atoms with Crippen LogP contribution in [0.5, 0.6) is 0 Å². The van der Waals surface area contributed by atoms with E-state index in [-0.39, 0.29) is 11.9 Å². The lowest BCUT2D eigenvalue weighted by atomic mass is 10.1. The van der Waals surface area contributed by atoms with Gasteiger partial charge in [0, 0.05) is 24.5 Å². The van der Waals surface area contributed by atoms with Crippen molar-refractivity contribution < 1.29 is 9.53 Å². The molecule has 4 heterocycles. The van der Waals surface area contributed by atoms with Crippen LogP contribution in [-0.2, 0) is 16.0 Å². The fourth-order valence-electron chi connectivity index (χ4n) is 3.57. The average molecular weight is 346 g/mol. The first-order valence-corrected chi connectivity index (χ1v) is 9.46. The Labute approximate surface area is 145 Å². The highest BCUT2D eigenvalue weighted by molar-refractivity contribution is 7.18. The van der Waals surface area contributed by atoms with Crippen LogP contribution in [0, 0.1) is 0 Å². The summed E-state index contributed by atoms with van der Waals surface area (Å²) in [5.41, 5.74) is 0. The maximum Gasteiger partial charge on any atom is 0.245 e. The van der Waals surface area contributed by atoms with Gasteiger partial charge in [-0.05, 0) is 25.3 Å². The van der Waals surface area contributed by atoms with Crippen molar-refractivity contribution in [2.24, 2.45) is 0 Å². The molecule has 0 radical (unpaired) electrons. The molecule has 0 aromatic carbocycles. The van der Waals surface area contributed by atoms with Gasteiger partial charge >= 0.3 is 0 Å². The molecule has 4 rings (SSSR count). The lowest BCUT2D eigenvalue weighted by Crippen LogP contribution is -2.50. The van der Waals surface area contributed by atoms with Gasteiger partial charge in [-0.2, -0.15) is 0 Å². The predicted molar refractivity (Wildman–Crippen MR) is 94.6 cm³/mol. The lowest BCUT2D eigenvalue weighted by molar-refractivity contribution is -0.136. The molecule has 0 aliphatic carbocycles. The van der Waals surface area contributed by atoms with E-state index < -0.39 is 0 Å². The summed E-state index contributed by atoms with van der Waals surface area (Å²) in [5, 5.41) is 1.08. The minimum absolute atomic E-state index is 0.105. The Morgan fingerprint density at radius 1 is 1.33 bits per heavy atom. The quantitative estimate of drug-likeness (QED) is 0.852. The van der Waals surface area contributed by atoms with Crippen molar-refractivity contribution in [2.45, 2.75) is 32.2 Å². The SMILES string of the molecule is CCc1cc2c(N3CCCC3C(=O)N3CCOCC3)ncnc2s1. The molecule has 128 valence electrons. The predicted octanol–water partition coefficient (Wildman–Crippen LogP) is 2.08. The number of ether oxygens (including phenoxy) is 1. The van der Waals surface area contributed by atoms with E-state index in [2.05, 4.69) is 27.9 Å². The molecule has 24 heavy (non-hydrogen) atoms. The van der Waals surface area contributed by atoms with E-state index in [1.54, 1.807) is 17.7 Å². The van der Waals surface area contributed by atoms with Crippen molar-refractivity contribution in [3.05, 3.63) is 17.3 Å². The van der Waals surface area contributed by atoms with Crippen LogP contribution in [0.2, 0.25) is 0 Å². The third-order valence-electron chi connectivity index (χ3n) is 4.84. The number of hydrogen-bond donors (Lipinski definition) is 0. The maximum atomic E-state index is 13.0. The summed E-state index contributed by atoms with van der Waals surface area (Å²) in [7, 11) is 0. The number of carbonyl (C=O) groups excluding carboxylic acids is 1. The fourth-order valence-corrected chi connectivity index (χ4v) is 4.50. The second kappa shape index (κ2) is 6.64. The van der Waals surface area contributed by atoms with Crippen LogP contribution < -0.4 is 4.90 Å². The van der Waals surface area contributed by atoms with E-state index in [1.807, 2.05) is 4.90 Å². The summed E-state index contributed by atoms with van der Waals surface area (Å²) in [4.78, 5) is 28.4. The normalized spacial score (nSPS) is 21.6. The molecule has 7 heteroatoms. The van der Waals surface area contributed by atoms with Crippen LogP contribution in [0.15, 0.2) is 12.4 Å². The van der Waals surface area contributed by atoms with Gasteiger partial charge in [0.25, 0.3) is 0 Å². The van der Waals surface area contributed by atoms with E-state index in [0.29, 0.717) is 26.3 Å². The first kappa shape index (κ1) is 15.8. The first-order valence-electron chi connectivity index (χ1n) is 8.64. The summed E-state index contributed by atoms with van der Waals surface area (Å²) < 4.78 is 5.37. The minimum atomic E-state index is -0.105. The summed E-state index contributed by atoms with van der Waals surface area (Å²) in [6, 6.07) is 2.08. The molecule has 0 bridgehead atoms. The number of thiophene rings is 1. The molecule has 0 N–H and O–H groups in total. The number of rotatable bonds is 3. The number of carbonyl (C=O) groups is 1. The van der Waals surface area contributed by atoms with Crippen molar-refractivity contribution in [3.8, 4) is 0 Å². The Morgan fingerprint density at radius 3 is 2.96 bits per heavy atom. The van der Waals surface area contributed by atoms with Crippen molar-refractivity contribution in [1.29, 1.82) is 0 Å². The highest BCUT2D eigenvalue weighted by atomic mass is 32.1. The molecule has 1 unspecified atom stereocenters. The van der Waals surface area contributed by atoms with Gasteiger partial charge in [0.1, 0.15) is 23.0 Å². The van der Waals surface area contributed by atoms with E-state index in [0.717, 1.165) is 41.8 Å². The molecule has 2 aromatic rings. The Morgan fingerprint density at radius 2 is 2.17 bits per heavy atom. The second-order valence-corrected chi connectivity index (χ2v) is 7.39. The Bertz CT molecular complexity index is 741. The molecule has 2 fully saturated rings. The zero-order valence-corrected chi connectivity index (χ0v) is 14.7. The summed E-state index contributed by atoms with van der Waals surface area (Å²) in [6.07, 6.45) is 4.54. The van der Waals surface area contributed by atoms with Gasteiger partial charge in [-0.15, -0.1) is 11.3 Å². The topological polar surface area (TPSA) is 58.6 Å². The highest BCUT2D eigenvalue weighted by Crippen LogP contribution is 2.34. The third-order valence-corrected chi connectivity index (χ3v) is 6.03.